The number of H-pyrrole nitrogens is 1. The second-order valence-corrected chi connectivity index (χ2v) is 13.9. The molecule has 11 N–H and O–H groups in total. The Hall–Kier alpha value is -6.53. The number of benzene rings is 1. The van der Waals surface area contributed by atoms with Crippen molar-refractivity contribution in [1.29, 1.82) is 0 Å². The highest BCUT2D eigenvalue weighted by molar-refractivity contribution is 5.99. The summed E-state index contributed by atoms with van der Waals surface area (Å²) in [6.07, 6.45) is -2.69. The molecule has 6 amide bonds. The van der Waals surface area contributed by atoms with Crippen molar-refractivity contribution in [3.63, 3.8) is 0 Å². The van der Waals surface area contributed by atoms with Crippen molar-refractivity contribution in [2.24, 2.45) is 0 Å². The Balaban J connectivity index is 0.989. The normalized spacial score (nSPS) is 22.0. The highest BCUT2D eigenvalue weighted by atomic mass is 16.6. The number of carbonyl (C=O) groups excluding carboxylic acids is 6. The van der Waals surface area contributed by atoms with Gasteiger partial charge in [-0.05, 0) is 43.2 Å². The number of hydrogen-bond acceptors (Lipinski definition) is 16. The van der Waals surface area contributed by atoms with Gasteiger partial charge in [-0.3, -0.25) is 24.0 Å². The number of aromatic amines is 1. The van der Waals surface area contributed by atoms with E-state index >= 15 is 0 Å². The maximum absolute atomic E-state index is 12.9. The zero-order valence-electron chi connectivity index (χ0n) is 32.5. The number of carbonyl (C=O) groups is 6. The number of hydrogen-bond donors (Lipinski definition) is 11. The molecule has 0 saturated carbocycles. The molecule has 2 aliphatic heterocycles. The third kappa shape index (κ3) is 11.6. The highest BCUT2D eigenvalue weighted by Crippen LogP contribution is 2.24. The summed E-state index contributed by atoms with van der Waals surface area (Å²) in [4.78, 5) is 91.1. The second kappa shape index (κ2) is 20.4. The topological polar surface area (TPSA) is 332 Å². The lowest BCUT2D eigenvalue weighted by molar-refractivity contribution is -0.185. The van der Waals surface area contributed by atoms with E-state index in [0.717, 1.165) is 4.90 Å². The van der Waals surface area contributed by atoms with Gasteiger partial charge in [-0.25, -0.2) is 19.7 Å². The van der Waals surface area contributed by atoms with Crippen molar-refractivity contribution >= 4 is 58.3 Å². The lowest BCUT2D eigenvalue weighted by atomic mass is 9.95. The van der Waals surface area contributed by atoms with E-state index in [-0.39, 0.29) is 38.4 Å². The van der Waals surface area contributed by atoms with Crippen LogP contribution in [0.15, 0.2) is 61.2 Å². The first-order valence-corrected chi connectivity index (χ1v) is 18.7. The summed E-state index contributed by atoms with van der Waals surface area (Å²) in [5.74, 6) is -2.65. The molecule has 322 valence electrons. The van der Waals surface area contributed by atoms with Gasteiger partial charge in [0.1, 0.15) is 55.1 Å². The molecule has 0 aliphatic carbocycles. The average Bonchev–Trinajstić information content (AvgIpc) is 3.84. The van der Waals surface area contributed by atoms with Gasteiger partial charge in [0.2, 0.25) is 29.5 Å². The van der Waals surface area contributed by atoms with E-state index in [1.807, 2.05) is 0 Å². The van der Waals surface area contributed by atoms with Crippen LogP contribution < -0.4 is 31.9 Å². The first-order valence-electron chi connectivity index (χ1n) is 18.7. The fourth-order valence-electron chi connectivity index (χ4n) is 6.07. The molecule has 0 spiro atoms. The molecule has 1 aromatic carbocycles. The summed E-state index contributed by atoms with van der Waals surface area (Å²) in [7, 11) is 0. The summed E-state index contributed by atoms with van der Waals surface area (Å²) in [5.41, 5.74) is 2.00. The molecule has 60 heavy (non-hydrogen) atoms. The summed E-state index contributed by atoms with van der Waals surface area (Å²) >= 11 is 0. The number of nitrogens with zero attached hydrogens (tertiary/aromatic N) is 4. The van der Waals surface area contributed by atoms with Crippen LogP contribution >= 0.6 is 0 Å². The van der Waals surface area contributed by atoms with Gasteiger partial charge in [-0.1, -0.05) is 18.7 Å². The minimum Gasteiger partial charge on any atom is -0.445 e. The number of imidazole rings is 1. The average molecular weight is 838 g/mol. The van der Waals surface area contributed by atoms with Gasteiger partial charge < -0.3 is 71.7 Å². The number of anilines is 2. The smallest absolute Gasteiger partial charge is 0.407 e. The van der Waals surface area contributed by atoms with Gasteiger partial charge in [0, 0.05) is 37.7 Å². The lowest BCUT2D eigenvalue weighted by Crippen LogP contribution is -2.65. The van der Waals surface area contributed by atoms with Crippen LogP contribution in [0.5, 0.6) is 0 Å². The van der Waals surface area contributed by atoms with Gasteiger partial charge in [0.25, 0.3) is 0 Å². The molecule has 1 unspecified atom stereocenters. The molecular weight excluding hydrogens is 790 g/mol. The molecule has 1 fully saturated rings. The van der Waals surface area contributed by atoms with E-state index in [1.165, 1.54) is 38.7 Å². The van der Waals surface area contributed by atoms with Gasteiger partial charge in [0.05, 0.1) is 19.0 Å². The van der Waals surface area contributed by atoms with Crippen LogP contribution in [0.25, 0.3) is 11.2 Å². The van der Waals surface area contributed by atoms with Crippen molar-refractivity contribution < 1.29 is 58.7 Å². The van der Waals surface area contributed by atoms with E-state index in [0.29, 0.717) is 28.0 Å². The summed E-state index contributed by atoms with van der Waals surface area (Å²) in [6.45, 7) is 5.72. The number of fused-ring (bicyclic) bond motifs is 1. The van der Waals surface area contributed by atoms with Crippen LogP contribution in [0.3, 0.4) is 0 Å². The van der Waals surface area contributed by atoms with Gasteiger partial charge >= 0.3 is 6.09 Å². The zero-order valence-corrected chi connectivity index (χ0v) is 32.5. The minimum atomic E-state index is -1.55. The molecule has 1 saturated heterocycles. The van der Waals surface area contributed by atoms with Crippen molar-refractivity contribution in [3.05, 3.63) is 66.8 Å². The number of aliphatic hydroxyl groups excluding tert-OH is 4. The van der Waals surface area contributed by atoms with Gasteiger partial charge in [-0.2, -0.15) is 0 Å². The highest BCUT2D eigenvalue weighted by Gasteiger charge is 2.45. The Morgan fingerprint density at radius 2 is 1.75 bits per heavy atom. The van der Waals surface area contributed by atoms with Crippen LogP contribution in [0.1, 0.15) is 32.3 Å². The Kier molecular flexibility index (Phi) is 15.2. The van der Waals surface area contributed by atoms with Crippen LogP contribution in [0.4, 0.5) is 16.3 Å². The van der Waals surface area contributed by atoms with E-state index in [2.05, 4.69) is 58.4 Å². The first-order chi connectivity index (χ1) is 28.6. The number of rotatable bonds is 18. The Morgan fingerprint density at radius 1 is 1.00 bits per heavy atom. The van der Waals surface area contributed by atoms with Crippen molar-refractivity contribution in [2.75, 3.05) is 30.3 Å². The number of amides is 6. The summed E-state index contributed by atoms with van der Waals surface area (Å²) < 4.78 is 10.9. The second-order valence-electron chi connectivity index (χ2n) is 13.9. The summed E-state index contributed by atoms with van der Waals surface area (Å²) in [6, 6.07) is 2.89. The predicted octanol–water partition coefficient (Wildman–Crippen LogP) is -2.38. The third-order valence-corrected chi connectivity index (χ3v) is 9.38. The van der Waals surface area contributed by atoms with Crippen molar-refractivity contribution in [1.82, 2.24) is 46.1 Å². The molecule has 0 radical (unpaired) electrons. The third-order valence-electron chi connectivity index (χ3n) is 9.38. The van der Waals surface area contributed by atoms with Crippen molar-refractivity contribution in [2.45, 2.75) is 82.2 Å². The van der Waals surface area contributed by atoms with Gasteiger partial charge in [-0.15, -0.1) is 0 Å². The van der Waals surface area contributed by atoms with Crippen LogP contribution in [0.2, 0.25) is 0 Å². The standard InChI is InChI=1S/C37H47N11O12/c1-18(2)27(45-24(51)11-13-48-25(52)8-9-26(48)53)35(57)43-19(3)34(56)44-21-6-4-20(5-7-21)15-59-37(58)38-12-10-23(50)46-28-22(14-49)60-36(31(55)30(28)54)47-33-29-32(40-16-39-29)41-17-42-33/h4-9,16-17,19,22,25,27-28,30-31,36,49,52,54-55H,1,10-15H2,2-3H3,(H,38,58)(H,43,57)(H,44,56)(H,45,51)(H,46,50)(H2,39,40,41,42,47)/t19-,22-,25?,27-,28-,30+,31-,36-/m0/s1. The SMILES string of the molecule is C=C(C)[C@H](NC(=O)CCN1C(=O)C=CC1O)C(=O)N[C@@H](C)C(=O)Nc1ccc(COC(=O)NCCC(=O)N[C@@H]2[C@@H](O)[C@H](O)[C@@H](Nc3ncnc4nc[nH]c34)O[C@H]2CO)cc1. The first kappa shape index (κ1) is 44.6. The van der Waals surface area contributed by atoms with E-state index in [9.17, 15) is 49.2 Å². The molecular formula is C37H47N11O12. The largest absolute Gasteiger partial charge is 0.445 e. The molecule has 0 bridgehead atoms. The van der Waals surface area contributed by atoms with E-state index in [4.69, 9.17) is 9.47 Å². The number of aliphatic hydroxyl groups is 4. The zero-order chi connectivity index (χ0) is 43.5. The molecule has 5 rings (SSSR count). The Labute approximate surface area is 342 Å². The number of ether oxygens (including phenoxy) is 2. The fourth-order valence-corrected chi connectivity index (χ4v) is 6.07. The Morgan fingerprint density at radius 3 is 2.43 bits per heavy atom. The monoisotopic (exact) mass is 837 g/mol. The number of alkyl carbamates (subject to hydrolysis) is 1. The molecule has 23 nitrogen and oxygen atoms in total. The minimum absolute atomic E-state index is 0.0727. The molecule has 2 aromatic heterocycles. The molecule has 23 heteroatoms. The maximum Gasteiger partial charge on any atom is 0.407 e. The molecule has 2 aliphatic rings. The fraction of sp³-hybridized carbons (Fsp3) is 0.432. The van der Waals surface area contributed by atoms with Crippen LogP contribution in [-0.2, 0) is 40.1 Å². The lowest BCUT2D eigenvalue weighted by Gasteiger charge is -2.42. The van der Waals surface area contributed by atoms with Crippen LogP contribution in [0, 0.1) is 0 Å². The number of nitrogens with one attached hydrogen (secondary N) is 7. The Bertz CT molecular complexity index is 2080. The summed E-state index contributed by atoms with van der Waals surface area (Å²) in [5, 5.41) is 56.8. The maximum atomic E-state index is 12.9. The predicted molar refractivity (Wildman–Crippen MR) is 209 cm³/mol. The van der Waals surface area contributed by atoms with Crippen molar-refractivity contribution in [3.8, 4) is 0 Å². The molecule has 8 atom stereocenters. The van der Waals surface area contributed by atoms with Gasteiger partial charge in [0.15, 0.2) is 17.7 Å². The van der Waals surface area contributed by atoms with Crippen LogP contribution in [-0.4, -0.2) is 149 Å². The molecule has 4 heterocycles. The number of aromatic nitrogens is 4. The quantitative estimate of drug-likeness (QED) is 0.0596. The van der Waals surface area contributed by atoms with E-state index in [1.54, 1.807) is 24.3 Å². The van der Waals surface area contributed by atoms with E-state index < -0.39 is 91.1 Å². The molecule has 3 aromatic rings.